The lowest BCUT2D eigenvalue weighted by Gasteiger charge is -2.21. The fourth-order valence-electron chi connectivity index (χ4n) is 4.21. The predicted octanol–water partition coefficient (Wildman–Crippen LogP) is 3.32. The van der Waals surface area contributed by atoms with E-state index < -0.39 is 18.0 Å². The summed E-state index contributed by atoms with van der Waals surface area (Å²) in [5.41, 5.74) is 15.0. The number of aromatic nitrogens is 3. The van der Waals surface area contributed by atoms with Gasteiger partial charge in [-0.3, -0.25) is 14.5 Å². The summed E-state index contributed by atoms with van der Waals surface area (Å²) >= 11 is 0. The number of nitrogens with zero attached hydrogens (tertiary/aromatic N) is 4. The van der Waals surface area contributed by atoms with E-state index in [0.29, 0.717) is 40.3 Å². The van der Waals surface area contributed by atoms with Crippen molar-refractivity contribution >= 4 is 46.2 Å². The number of esters is 1. The number of nitrogens with one attached hydrogen (secondary N) is 2. The Bertz CT molecular complexity index is 1620. The van der Waals surface area contributed by atoms with Gasteiger partial charge in [0.05, 0.1) is 31.1 Å². The molecule has 0 spiro atoms. The van der Waals surface area contributed by atoms with Crippen molar-refractivity contribution in [1.29, 1.82) is 0 Å². The van der Waals surface area contributed by atoms with Crippen LogP contribution in [-0.4, -0.2) is 58.3 Å². The fraction of sp³-hybridized carbons (Fsp3) is 0.290. The van der Waals surface area contributed by atoms with Crippen LogP contribution >= 0.6 is 0 Å². The number of oxime groups is 1. The number of ether oxygens (including phenoxy) is 1. The molecule has 44 heavy (non-hydrogen) atoms. The van der Waals surface area contributed by atoms with Crippen LogP contribution in [0.4, 0.5) is 11.5 Å². The molecule has 2 aromatic carbocycles. The molecule has 2 aromatic heterocycles. The lowest BCUT2D eigenvalue weighted by Crippen LogP contribution is -2.37. The van der Waals surface area contributed by atoms with Crippen LogP contribution in [0.1, 0.15) is 48.4 Å². The number of anilines is 2. The number of methoxy groups -OCH3 is 1. The van der Waals surface area contributed by atoms with Gasteiger partial charge in [0.2, 0.25) is 0 Å². The third-order valence-corrected chi connectivity index (χ3v) is 7.12. The van der Waals surface area contributed by atoms with E-state index in [0.717, 1.165) is 12.1 Å². The van der Waals surface area contributed by atoms with Gasteiger partial charge in [0.1, 0.15) is 17.7 Å². The third kappa shape index (κ3) is 7.95. The van der Waals surface area contributed by atoms with Gasteiger partial charge in [0.15, 0.2) is 5.84 Å². The molecule has 0 aliphatic rings. The van der Waals surface area contributed by atoms with Crippen molar-refractivity contribution in [2.75, 3.05) is 23.9 Å². The molecule has 0 fully saturated rings. The number of rotatable bonds is 13. The standard InChI is InChI=1S/C31H36N8O5/c1-4-19(2)28(32)31(42)44-38-29(33)20-8-11-22(12-9-20)35-18-25-36-23-13-10-21(17-24(23)37-25)30(41)39(16-14-27(40)43-3)26-7-5-6-15-34-26/h5-13,15,17,19,28,35H,4,14,16,18,32H2,1-3H3,(H2,33,38)(H,36,37). The topological polar surface area (TPSA) is 191 Å². The Morgan fingerprint density at radius 2 is 1.84 bits per heavy atom. The van der Waals surface area contributed by atoms with Gasteiger partial charge in [-0.05, 0) is 60.5 Å². The first-order valence-electron chi connectivity index (χ1n) is 14.1. The number of hydrogen-bond acceptors (Lipinski definition) is 10. The average Bonchev–Trinajstić information content (AvgIpc) is 3.48. The van der Waals surface area contributed by atoms with Gasteiger partial charge in [-0.1, -0.05) is 31.5 Å². The molecule has 0 radical (unpaired) electrons. The van der Waals surface area contributed by atoms with E-state index in [-0.39, 0.29) is 30.6 Å². The maximum Gasteiger partial charge on any atom is 0.351 e. The smallest absolute Gasteiger partial charge is 0.351 e. The molecule has 0 saturated carbocycles. The van der Waals surface area contributed by atoms with E-state index in [1.54, 1.807) is 54.7 Å². The van der Waals surface area contributed by atoms with Crippen LogP contribution in [0.2, 0.25) is 0 Å². The predicted molar refractivity (Wildman–Crippen MR) is 167 cm³/mol. The van der Waals surface area contributed by atoms with E-state index in [1.807, 2.05) is 26.0 Å². The van der Waals surface area contributed by atoms with E-state index in [9.17, 15) is 14.4 Å². The van der Waals surface area contributed by atoms with E-state index in [1.165, 1.54) is 12.0 Å². The number of amides is 1. The average molecular weight is 601 g/mol. The number of imidazole rings is 1. The van der Waals surface area contributed by atoms with Crippen molar-refractivity contribution in [2.24, 2.45) is 22.5 Å². The zero-order valence-electron chi connectivity index (χ0n) is 24.8. The fourth-order valence-corrected chi connectivity index (χ4v) is 4.21. The Morgan fingerprint density at radius 3 is 2.52 bits per heavy atom. The van der Waals surface area contributed by atoms with Crippen molar-refractivity contribution < 1.29 is 24.0 Å². The molecule has 1 amide bonds. The Hall–Kier alpha value is -5.30. The number of carbonyl (C=O) groups is 3. The highest BCUT2D eigenvalue weighted by Gasteiger charge is 2.22. The van der Waals surface area contributed by atoms with Gasteiger partial charge in [-0.2, -0.15) is 0 Å². The molecule has 6 N–H and O–H groups in total. The number of nitrogens with two attached hydrogens (primary N) is 2. The van der Waals surface area contributed by atoms with Crippen molar-refractivity contribution in [3.8, 4) is 0 Å². The molecule has 0 bridgehead atoms. The summed E-state index contributed by atoms with van der Waals surface area (Å²) in [5, 5.41) is 7.01. The number of carbonyl (C=O) groups excluding carboxylic acids is 3. The van der Waals surface area contributed by atoms with Gasteiger partial charge < -0.3 is 31.3 Å². The maximum absolute atomic E-state index is 13.5. The third-order valence-electron chi connectivity index (χ3n) is 7.12. The maximum atomic E-state index is 13.5. The van der Waals surface area contributed by atoms with Crippen molar-refractivity contribution in [2.45, 2.75) is 39.3 Å². The zero-order valence-corrected chi connectivity index (χ0v) is 24.8. The Kier molecular flexibility index (Phi) is 10.6. The van der Waals surface area contributed by atoms with Gasteiger partial charge in [-0.25, -0.2) is 14.8 Å². The quantitative estimate of drug-likeness (QED) is 0.0582. The Morgan fingerprint density at radius 1 is 1.09 bits per heavy atom. The summed E-state index contributed by atoms with van der Waals surface area (Å²) in [4.78, 5) is 55.8. The summed E-state index contributed by atoms with van der Waals surface area (Å²) in [5.74, 6) is -0.252. The first kappa shape index (κ1) is 31.6. The van der Waals surface area contributed by atoms with Gasteiger partial charge in [0, 0.05) is 29.6 Å². The minimum absolute atomic E-state index is 0.0296. The zero-order chi connectivity index (χ0) is 31.6. The summed E-state index contributed by atoms with van der Waals surface area (Å²) < 4.78 is 4.74. The lowest BCUT2D eigenvalue weighted by molar-refractivity contribution is -0.146. The van der Waals surface area contributed by atoms with Gasteiger partial charge in [0.25, 0.3) is 5.91 Å². The Labute approximate surface area is 254 Å². The molecule has 230 valence electrons. The normalized spacial score (nSPS) is 12.8. The van der Waals surface area contributed by atoms with Crippen LogP contribution in [-0.2, 0) is 25.7 Å². The van der Waals surface area contributed by atoms with E-state index in [4.69, 9.17) is 21.0 Å². The second-order valence-corrected chi connectivity index (χ2v) is 10.1. The van der Waals surface area contributed by atoms with Gasteiger partial charge >= 0.3 is 11.9 Å². The van der Waals surface area contributed by atoms with E-state index >= 15 is 0 Å². The number of fused-ring (bicyclic) bond motifs is 1. The summed E-state index contributed by atoms with van der Waals surface area (Å²) in [6, 6.07) is 16.8. The van der Waals surface area contributed by atoms with Crippen molar-refractivity contribution in [3.05, 3.63) is 83.8 Å². The minimum atomic E-state index is -0.771. The highest BCUT2D eigenvalue weighted by molar-refractivity contribution is 6.07. The SMILES string of the molecule is CCC(C)C(N)C(=O)O/N=C(\N)c1ccc(NCc2nc3ccc(C(=O)N(CCC(=O)OC)c4ccccn4)cc3[nH]2)cc1. The first-order chi connectivity index (χ1) is 21.2. The Balaban J connectivity index is 1.40. The molecule has 13 nitrogen and oxygen atoms in total. The van der Waals surface area contributed by atoms with Crippen LogP contribution in [0.3, 0.4) is 0 Å². The lowest BCUT2D eigenvalue weighted by atomic mass is 10.0. The highest BCUT2D eigenvalue weighted by atomic mass is 16.7. The molecule has 2 unspecified atom stereocenters. The molecule has 4 rings (SSSR count). The van der Waals surface area contributed by atoms with Crippen LogP contribution in [0, 0.1) is 5.92 Å². The molecule has 2 heterocycles. The van der Waals surface area contributed by atoms with Gasteiger partial charge in [-0.15, -0.1) is 0 Å². The first-order valence-corrected chi connectivity index (χ1v) is 14.1. The molecule has 2 atom stereocenters. The van der Waals surface area contributed by atoms with Crippen LogP contribution in [0.25, 0.3) is 11.0 Å². The molecular weight excluding hydrogens is 564 g/mol. The number of aromatic amines is 1. The number of benzene rings is 2. The monoisotopic (exact) mass is 600 g/mol. The van der Waals surface area contributed by atoms with Crippen molar-refractivity contribution in [1.82, 2.24) is 15.0 Å². The number of pyridine rings is 1. The molecular formula is C31H36N8O5. The van der Waals surface area contributed by atoms with Crippen LogP contribution in [0.15, 0.2) is 72.0 Å². The number of H-pyrrole nitrogens is 1. The largest absolute Gasteiger partial charge is 0.469 e. The molecule has 0 aliphatic carbocycles. The molecule has 0 aliphatic heterocycles. The second-order valence-electron chi connectivity index (χ2n) is 10.1. The molecule has 13 heteroatoms. The summed E-state index contributed by atoms with van der Waals surface area (Å²) in [7, 11) is 1.31. The second kappa shape index (κ2) is 14.7. The minimum Gasteiger partial charge on any atom is -0.469 e. The summed E-state index contributed by atoms with van der Waals surface area (Å²) in [6.45, 7) is 4.30. The van der Waals surface area contributed by atoms with Crippen molar-refractivity contribution in [3.63, 3.8) is 0 Å². The highest BCUT2D eigenvalue weighted by Crippen LogP contribution is 2.20. The van der Waals surface area contributed by atoms with Crippen LogP contribution < -0.4 is 21.7 Å². The number of hydrogen-bond donors (Lipinski definition) is 4. The molecule has 4 aromatic rings. The van der Waals surface area contributed by atoms with E-state index in [2.05, 4.69) is 25.4 Å². The summed E-state index contributed by atoms with van der Waals surface area (Å²) in [6.07, 6.45) is 2.36. The van der Waals surface area contributed by atoms with Crippen LogP contribution in [0.5, 0.6) is 0 Å². The molecule has 0 saturated heterocycles. The number of amidine groups is 1.